The normalized spacial score (nSPS) is 16.2. The molecule has 3 unspecified atom stereocenters. The third-order valence-corrected chi connectivity index (χ3v) is 8.55. The summed E-state index contributed by atoms with van der Waals surface area (Å²) in [6, 6.07) is 7.46. The van der Waals surface area contributed by atoms with Gasteiger partial charge in [0.25, 0.3) is 5.91 Å². The zero-order valence-electron chi connectivity index (χ0n) is 23.9. The number of halogens is 2. The maximum absolute atomic E-state index is 14.6. The molecule has 0 aromatic heterocycles. The van der Waals surface area contributed by atoms with Crippen molar-refractivity contribution < 1.29 is 18.4 Å². The van der Waals surface area contributed by atoms with Crippen molar-refractivity contribution in [3.8, 4) is 0 Å². The lowest BCUT2D eigenvalue weighted by atomic mass is 9.85. The minimum atomic E-state index is -0.600. The second-order valence-electron chi connectivity index (χ2n) is 11.4. The van der Waals surface area contributed by atoms with Gasteiger partial charge in [-0.05, 0) is 106 Å². The molecule has 3 rings (SSSR count). The number of rotatable bonds is 11. The van der Waals surface area contributed by atoms with Crippen LogP contribution in [0.2, 0.25) is 0 Å². The number of benzene rings is 2. The highest BCUT2D eigenvalue weighted by atomic mass is 19.1. The third kappa shape index (κ3) is 7.42. The zero-order valence-corrected chi connectivity index (χ0v) is 23.9. The fraction of sp³-hybridized carbons (Fsp3) is 0.562. The lowest BCUT2D eigenvalue weighted by molar-refractivity contribution is -0.137. The summed E-state index contributed by atoms with van der Waals surface area (Å²) in [6.07, 6.45) is 6.77. The summed E-state index contributed by atoms with van der Waals surface area (Å²) in [4.78, 5) is 28.0. The van der Waals surface area contributed by atoms with E-state index < -0.39 is 17.5 Å². The number of carbonyl (C=O) groups is 2. The van der Waals surface area contributed by atoms with Gasteiger partial charge in [-0.15, -0.1) is 0 Å². The minimum absolute atomic E-state index is 0.0687. The first kappa shape index (κ1) is 29.8. The van der Waals surface area contributed by atoms with Crippen LogP contribution in [0, 0.1) is 43.2 Å². The van der Waals surface area contributed by atoms with E-state index in [2.05, 4.69) is 37.9 Å². The number of nitrogens with zero attached hydrogens (tertiary/aromatic N) is 1. The first-order valence-corrected chi connectivity index (χ1v) is 14.2. The van der Waals surface area contributed by atoms with Crippen molar-refractivity contribution in [2.24, 2.45) is 17.8 Å². The minimum Gasteiger partial charge on any atom is -0.340 e. The molecule has 2 amide bonds. The summed E-state index contributed by atoms with van der Waals surface area (Å²) in [5, 5.41) is 2.71. The van der Waals surface area contributed by atoms with Crippen molar-refractivity contribution in [1.82, 2.24) is 4.90 Å². The molecule has 4 nitrogen and oxygen atoms in total. The van der Waals surface area contributed by atoms with Crippen LogP contribution in [0.3, 0.4) is 0 Å². The van der Waals surface area contributed by atoms with Crippen LogP contribution in [0.15, 0.2) is 30.3 Å². The molecule has 208 valence electrons. The second kappa shape index (κ2) is 13.3. The quantitative estimate of drug-likeness (QED) is 0.324. The van der Waals surface area contributed by atoms with E-state index in [4.69, 9.17) is 0 Å². The number of anilines is 1. The van der Waals surface area contributed by atoms with Crippen LogP contribution >= 0.6 is 0 Å². The Morgan fingerprint density at radius 1 is 1.03 bits per heavy atom. The number of carbonyl (C=O) groups excluding carboxylic acids is 2. The Balaban J connectivity index is 1.67. The predicted molar refractivity (Wildman–Crippen MR) is 150 cm³/mol. The summed E-state index contributed by atoms with van der Waals surface area (Å²) < 4.78 is 28.9. The van der Waals surface area contributed by atoms with Gasteiger partial charge in [0.15, 0.2) is 0 Å². The van der Waals surface area contributed by atoms with Gasteiger partial charge < -0.3 is 10.2 Å². The molecule has 1 saturated carbocycles. The molecule has 0 bridgehead atoms. The van der Waals surface area contributed by atoms with Gasteiger partial charge in [0.05, 0.1) is 5.56 Å². The standard InChI is InChI=1S/C32H44F2N2O2/c1-7-23(5)36(32(38)25-10-8-9-11-25)15-14-21(3)22(4)17-26-18-27(33)19-30(24(26)6)35-31(37)28-13-12-20(2)16-29(28)34/h12-13,16,18-19,21-23,25H,7-11,14-15,17H2,1-6H3,(H,35,37). The molecule has 0 saturated heterocycles. The van der Waals surface area contributed by atoms with Crippen molar-refractivity contribution in [1.29, 1.82) is 0 Å². The van der Waals surface area contributed by atoms with Gasteiger partial charge in [0, 0.05) is 24.2 Å². The van der Waals surface area contributed by atoms with E-state index in [1.807, 2.05) is 6.92 Å². The lowest BCUT2D eigenvalue weighted by Crippen LogP contribution is -2.42. The van der Waals surface area contributed by atoms with Crippen molar-refractivity contribution in [3.05, 3.63) is 64.2 Å². The van der Waals surface area contributed by atoms with Gasteiger partial charge in [-0.2, -0.15) is 0 Å². The molecular weight excluding hydrogens is 482 g/mol. The molecule has 0 aliphatic heterocycles. The third-order valence-electron chi connectivity index (χ3n) is 8.55. The molecule has 0 spiro atoms. The van der Waals surface area contributed by atoms with Crippen molar-refractivity contribution in [3.63, 3.8) is 0 Å². The van der Waals surface area contributed by atoms with Crippen LogP contribution < -0.4 is 5.32 Å². The lowest BCUT2D eigenvalue weighted by Gasteiger charge is -2.33. The number of hydrogen-bond donors (Lipinski definition) is 1. The molecule has 1 N–H and O–H groups in total. The van der Waals surface area contributed by atoms with Gasteiger partial charge in [-0.25, -0.2) is 8.78 Å². The summed E-state index contributed by atoms with van der Waals surface area (Å²) in [7, 11) is 0. The molecule has 3 atom stereocenters. The second-order valence-corrected chi connectivity index (χ2v) is 11.4. The Hall–Kier alpha value is -2.76. The summed E-state index contributed by atoms with van der Waals surface area (Å²) in [5.41, 5.74) is 2.62. The molecular formula is C32H44F2N2O2. The maximum Gasteiger partial charge on any atom is 0.258 e. The van der Waals surface area contributed by atoms with Crippen molar-refractivity contribution >= 4 is 17.5 Å². The average Bonchev–Trinajstić information content (AvgIpc) is 3.41. The van der Waals surface area contributed by atoms with Crippen molar-refractivity contribution in [2.45, 2.75) is 92.5 Å². The monoisotopic (exact) mass is 526 g/mol. The molecule has 0 heterocycles. The Morgan fingerprint density at radius 2 is 1.71 bits per heavy atom. The number of amides is 2. The summed E-state index contributed by atoms with van der Waals surface area (Å²) >= 11 is 0. The number of nitrogens with one attached hydrogen (secondary N) is 1. The molecule has 38 heavy (non-hydrogen) atoms. The highest BCUT2D eigenvalue weighted by Gasteiger charge is 2.30. The van der Waals surface area contributed by atoms with E-state index >= 15 is 0 Å². The van der Waals surface area contributed by atoms with Crippen LogP contribution in [0.25, 0.3) is 0 Å². The molecule has 6 heteroatoms. The Labute approximate surface area is 227 Å². The van der Waals surface area contributed by atoms with Gasteiger partial charge in [0.2, 0.25) is 5.91 Å². The molecule has 2 aromatic rings. The number of aryl methyl sites for hydroxylation is 1. The highest BCUT2D eigenvalue weighted by molar-refractivity contribution is 6.05. The first-order chi connectivity index (χ1) is 18.0. The predicted octanol–water partition coefficient (Wildman–Crippen LogP) is 7.86. The van der Waals surface area contributed by atoms with E-state index in [0.29, 0.717) is 23.9 Å². The maximum atomic E-state index is 14.6. The van der Waals surface area contributed by atoms with Gasteiger partial charge in [-0.1, -0.05) is 39.7 Å². The Morgan fingerprint density at radius 3 is 2.34 bits per heavy atom. The van der Waals surface area contributed by atoms with E-state index in [9.17, 15) is 18.4 Å². The van der Waals surface area contributed by atoms with Crippen LogP contribution in [0.1, 0.15) is 93.3 Å². The fourth-order valence-electron chi connectivity index (χ4n) is 5.42. The largest absolute Gasteiger partial charge is 0.340 e. The van der Waals surface area contributed by atoms with Crippen LogP contribution in [0.4, 0.5) is 14.5 Å². The average molecular weight is 527 g/mol. The van der Waals surface area contributed by atoms with Crippen LogP contribution in [-0.2, 0) is 11.2 Å². The smallest absolute Gasteiger partial charge is 0.258 e. The molecule has 1 fully saturated rings. The van der Waals surface area contributed by atoms with E-state index in [0.717, 1.165) is 61.8 Å². The SMILES string of the molecule is CCC(C)N(CCC(C)C(C)Cc1cc(F)cc(NC(=O)c2ccc(C)cc2F)c1C)C(=O)C1CCCC1. The molecule has 2 aromatic carbocycles. The van der Waals surface area contributed by atoms with E-state index in [1.165, 1.54) is 24.3 Å². The van der Waals surface area contributed by atoms with Gasteiger partial charge in [0.1, 0.15) is 11.6 Å². The number of hydrogen-bond acceptors (Lipinski definition) is 2. The molecule has 1 aliphatic carbocycles. The van der Waals surface area contributed by atoms with Crippen LogP contribution in [-0.4, -0.2) is 29.3 Å². The summed E-state index contributed by atoms with van der Waals surface area (Å²) in [5.74, 6) is -0.584. The molecule has 1 aliphatic rings. The van der Waals surface area contributed by atoms with E-state index in [-0.39, 0.29) is 23.4 Å². The molecule has 0 radical (unpaired) electrons. The van der Waals surface area contributed by atoms with Crippen LogP contribution in [0.5, 0.6) is 0 Å². The summed E-state index contributed by atoms with van der Waals surface area (Å²) in [6.45, 7) is 13.0. The fourth-order valence-corrected chi connectivity index (χ4v) is 5.42. The van der Waals surface area contributed by atoms with Crippen molar-refractivity contribution in [2.75, 3.05) is 11.9 Å². The van der Waals surface area contributed by atoms with Gasteiger partial charge >= 0.3 is 0 Å². The van der Waals surface area contributed by atoms with Gasteiger partial charge in [-0.3, -0.25) is 9.59 Å². The zero-order chi connectivity index (χ0) is 28.0. The van der Waals surface area contributed by atoms with E-state index in [1.54, 1.807) is 13.0 Å². The highest BCUT2D eigenvalue weighted by Crippen LogP contribution is 2.30. The Kier molecular flexibility index (Phi) is 10.5. The Bertz CT molecular complexity index is 1130. The first-order valence-electron chi connectivity index (χ1n) is 14.2. The topological polar surface area (TPSA) is 49.4 Å².